The lowest BCUT2D eigenvalue weighted by Crippen LogP contribution is -2.19. The van der Waals surface area contributed by atoms with Crippen molar-refractivity contribution in [2.45, 2.75) is 76.4 Å². The number of cyclic esters (lactones) is 2. The molecule has 0 aromatic heterocycles. The molecule has 0 spiro atoms. The fourth-order valence-electron chi connectivity index (χ4n) is 4.16. The highest BCUT2D eigenvalue weighted by Crippen LogP contribution is 2.17. The second-order valence-electron chi connectivity index (χ2n) is 8.83. The number of carbonyl (C=O) groups excluding carboxylic acids is 2. The van der Waals surface area contributed by atoms with Gasteiger partial charge in [-0.2, -0.15) is 0 Å². The largest absolute Gasteiger partial charge is 0.459 e. The Morgan fingerprint density at radius 2 is 1.03 bits per heavy atom. The monoisotopic (exact) mass is 460 g/mol. The Balaban J connectivity index is 1.54. The van der Waals surface area contributed by atoms with Crippen molar-refractivity contribution in [2.75, 3.05) is 0 Å². The predicted molar refractivity (Wildman–Crippen MR) is 135 cm³/mol. The maximum atomic E-state index is 12.4. The maximum Gasteiger partial charge on any atom is 0.330 e. The fraction of sp³-hybridized carbons (Fsp3) is 0.400. The molecule has 0 bridgehead atoms. The van der Waals surface area contributed by atoms with Crippen molar-refractivity contribution < 1.29 is 19.1 Å². The Kier molecular flexibility index (Phi) is 11.2. The Hall–Kier alpha value is -3.14. The molecule has 180 valence electrons. The van der Waals surface area contributed by atoms with Crippen LogP contribution in [0.2, 0.25) is 0 Å². The summed E-state index contributed by atoms with van der Waals surface area (Å²) in [5, 5.41) is 0. The molecule has 34 heavy (non-hydrogen) atoms. The molecule has 4 heteroatoms. The van der Waals surface area contributed by atoms with Crippen molar-refractivity contribution in [2.24, 2.45) is 0 Å². The molecule has 0 unspecified atom stereocenters. The smallest absolute Gasteiger partial charge is 0.330 e. The van der Waals surface area contributed by atoms with E-state index < -0.39 is 0 Å². The molecule has 1 aliphatic heterocycles. The lowest BCUT2D eigenvalue weighted by molar-refractivity contribution is -0.144. The molecule has 0 saturated heterocycles. The quantitative estimate of drug-likeness (QED) is 0.459. The number of esters is 2. The minimum absolute atomic E-state index is 0.131. The third-order valence-corrected chi connectivity index (χ3v) is 6.06. The zero-order chi connectivity index (χ0) is 23.8. The van der Waals surface area contributed by atoms with E-state index in [1.54, 1.807) is 12.2 Å². The van der Waals surface area contributed by atoms with Gasteiger partial charge < -0.3 is 9.47 Å². The Labute approximate surface area is 203 Å². The van der Waals surface area contributed by atoms with Crippen LogP contribution in [0.5, 0.6) is 0 Å². The van der Waals surface area contributed by atoms with Crippen LogP contribution in [-0.4, -0.2) is 24.1 Å². The zero-order valence-electron chi connectivity index (χ0n) is 19.9. The number of allylic oxidation sites excluding steroid dienone is 2. The summed E-state index contributed by atoms with van der Waals surface area (Å²) in [6.45, 7) is 0. The van der Waals surface area contributed by atoms with Gasteiger partial charge in [0.2, 0.25) is 0 Å². The average Bonchev–Trinajstić information content (AvgIpc) is 2.85. The molecule has 0 fully saturated rings. The molecule has 0 saturated carbocycles. The van der Waals surface area contributed by atoms with Crippen molar-refractivity contribution in [3.8, 4) is 0 Å². The topological polar surface area (TPSA) is 52.6 Å². The number of hydrogen-bond acceptors (Lipinski definition) is 4. The molecule has 0 N–H and O–H groups in total. The highest BCUT2D eigenvalue weighted by molar-refractivity contribution is 5.82. The summed E-state index contributed by atoms with van der Waals surface area (Å²) >= 11 is 0. The van der Waals surface area contributed by atoms with Crippen LogP contribution in [0, 0.1) is 0 Å². The molecule has 4 nitrogen and oxygen atoms in total. The second kappa shape index (κ2) is 14.9. The van der Waals surface area contributed by atoms with E-state index in [-0.39, 0.29) is 24.1 Å². The van der Waals surface area contributed by atoms with Crippen LogP contribution >= 0.6 is 0 Å². The van der Waals surface area contributed by atoms with Gasteiger partial charge in [-0.05, 0) is 75.3 Å². The summed E-state index contributed by atoms with van der Waals surface area (Å²) in [5.41, 5.74) is 2.48. The van der Waals surface area contributed by atoms with Gasteiger partial charge in [-0.3, -0.25) is 0 Å². The number of benzene rings is 2. The van der Waals surface area contributed by atoms with Crippen LogP contribution in [-0.2, 0) is 31.9 Å². The first-order chi connectivity index (χ1) is 16.7. The van der Waals surface area contributed by atoms with Gasteiger partial charge in [-0.25, -0.2) is 9.59 Å². The van der Waals surface area contributed by atoms with E-state index >= 15 is 0 Å². The van der Waals surface area contributed by atoms with Crippen molar-refractivity contribution in [3.05, 3.63) is 96.1 Å². The van der Waals surface area contributed by atoms with Crippen molar-refractivity contribution in [1.82, 2.24) is 0 Å². The van der Waals surface area contributed by atoms with E-state index in [1.165, 1.54) is 11.1 Å². The molecule has 0 amide bonds. The van der Waals surface area contributed by atoms with Crippen LogP contribution in [0.3, 0.4) is 0 Å². The minimum atomic E-state index is -0.271. The van der Waals surface area contributed by atoms with Crippen LogP contribution < -0.4 is 0 Å². The summed E-state index contributed by atoms with van der Waals surface area (Å²) < 4.78 is 11.5. The van der Waals surface area contributed by atoms with Crippen LogP contribution in [0.25, 0.3) is 0 Å². The van der Waals surface area contributed by atoms with E-state index in [0.29, 0.717) is 0 Å². The number of carbonyl (C=O) groups is 2. The number of ether oxygens (including phenoxy) is 2. The predicted octanol–water partition coefficient (Wildman–Crippen LogP) is 6.54. The van der Waals surface area contributed by atoms with Crippen LogP contribution in [0.15, 0.2) is 85.0 Å². The van der Waals surface area contributed by atoms with E-state index in [4.69, 9.17) is 9.47 Å². The van der Waals surface area contributed by atoms with E-state index in [9.17, 15) is 9.59 Å². The van der Waals surface area contributed by atoms with Gasteiger partial charge in [0.1, 0.15) is 12.2 Å². The maximum absolute atomic E-state index is 12.4. The number of rotatable bonds is 6. The molecular formula is C30H36O4. The van der Waals surface area contributed by atoms with E-state index in [2.05, 4.69) is 24.3 Å². The standard InChI is InChI=1S/C30H36O4/c31-29-19-12-4-10-18-28(24-22-26-15-7-2-8-16-26)34-30(32)20-11-3-9-17-27(33-29)23-21-25-13-5-1-6-14-25/h1-2,5-8,11-16,19-20,27-28H,3-4,9-10,17-18,21-24H2/b19-12+,20-11+/t27-,28+. The minimum Gasteiger partial charge on any atom is -0.459 e. The van der Waals surface area contributed by atoms with Gasteiger partial charge in [0.05, 0.1) is 0 Å². The Bertz CT molecular complexity index is 840. The van der Waals surface area contributed by atoms with Gasteiger partial charge in [-0.15, -0.1) is 0 Å². The first-order valence-corrected chi connectivity index (χ1v) is 12.5. The summed E-state index contributed by atoms with van der Waals surface area (Å²) in [5.74, 6) is -0.541. The highest BCUT2D eigenvalue weighted by atomic mass is 16.5. The number of hydrogen-bond donors (Lipinski definition) is 0. The second-order valence-corrected chi connectivity index (χ2v) is 8.83. The first kappa shape index (κ1) is 25.5. The van der Waals surface area contributed by atoms with Gasteiger partial charge in [-0.1, -0.05) is 72.8 Å². The third kappa shape index (κ3) is 10.2. The molecule has 2 aromatic carbocycles. The Morgan fingerprint density at radius 3 is 1.44 bits per heavy atom. The van der Waals surface area contributed by atoms with Crippen LogP contribution in [0.1, 0.15) is 62.5 Å². The first-order valence-electron chi connectivity index (χ1n) is 12.5. The summed E-state index contributed by atoms with van der Waals surface area (Å²) in [4.78, 5) is 24.7. The molecule has 1 heterocycles. The molecule has 2 aromatic rings. The molecule has 0 aliphatic carbocycles. The highest BCUT2D eigenvalue weighted by Gasteiger charge is 2.15. The average molecular weight is 461 g/mol. The van der Waals surface area contributed by atoms with Gasteiger partial charge in [0.25, 0.3) is 0 Å². The van der Waals surface area contributed by atoms with Crippen molar-refractivity contribution >= 4 is 11.9 Å². The normalized spacial score (nSPS) is 22.4. The zero-order valence-corrected chi connectivity index (χ0v) is 19.9. The Morgan fingerprint density at radius 1 is 0.618 bits per heavy atom. The van der Waals surface area contributed by atoms with Gasteiger partial charge >= 0.3 is 11.9 Å². The SMILES string of the molecule is O=C1/C=C/CCC[C@@H](CCc2ccccc2)OC(=O)/C=C/CCC[C@H](CCc2ccccc2)O1. The lowest BCUT2D eigenvalue weighted by Gasteiger charge is -2.18. The van der Waals surface area contributed by atoms with Gasteiger partial charge in [0.15, 0.2) is 0 Å². The van der Waals surface area contributed by atoms with E-state index in [0.717, 1.165) is 64.2 Å². The third-order valence-electron chi connectivity index (χ3n) is 6.06. The molecular weight excluding hydrogens is 424 g/mol. The van der Waals surface area contributed by atoms with Gasteiger partial charge in [0, 0.05) is 12.2 Å². The number of aryl methyl sites for hydroxylation is 2. The molecule has 1 aliphatic rings. The fourth-order valence-corrected chi connectivity index (χ4v) is 4.16. The van der Waals surface area contributed by atoms with Crippen molar-refractivity contribution in [3.63, 3.8) is 0 Å². The molecule has 3 rings (SSSR count). The molecule has 2 atom stereocenters. The lowest BCUT2D eigenvalue weighted by atomic mass is 10.0. The summed E-state index contributed by atoms with van der Waals surface area (Å²) in [7, 11) is 0. The summed E-state index contributed by atoms with van der Waals surface area (Å²) in [6, 6.07) is 20.5. The van der Waals surface area contributed by atoms with E-state index in [1.807, 2.05) is 48.6 Å². The van der Waals surface area contributed by atoms with Crippen molar-refractivity contribution in [1.29, 1.82) is 0 Å². The summed E-state index contributed by atoms with van der Waals surface area (Å²) in [6.07, 6.45) is 14.6. The van der Waals surface area contributed by atoms with Crippen LogP contribution in [0.4, 0.5) is 0 Å². The molecule has 0 radical (unpaired) electrons.